The zero-order valence-electron chi connectivity index (χ0n) is 10.9. The van der Waals surface area contributed by atoms with Crippen molar-refractivity contribution in [1.82, 2.24) is 4.98 Å². The number of aromatic nitrogens is 1. The van der Waals surface area contributed by atoms with E-state index in [0.717, 1.165) is 10.6 Å². The van der Waals surface area contributed by atoms with Gasteiger partial charge in [-0.15, -0.1) is 0 Å². The van der Waals surface area contributed by atoms with E-state index >= 15 is 0 Å². The molecular formula is C14H20N2S. The maximum atomic E-state index is 4.67. The van der Waals surface area contributed by atoms with E-state index in [1.165, 1.54) is 16.7 Å². The molecule has 0 aliphatic rings. The second-order valence-corrected chi connectivity index (χ2v) is 6.15. The van der Waals surface area contributed by atoms with Crippen molar-refractivity contribution in [2.75, 3.05) is 5.32 Å². The predicted molar refractivity (Wildman–Crippen MR) is 76.9 cm³/mol. The lowest BCUT2D eigenvalue weighted by Gasteiger charge is -2.14. The van der Waals surface area contributed by atoms with Gasteiger partial charge in [-0.25, -0.2) is 4.98 Å². The van der Waals surface area contributed by atoms with Crippen molar-refractivity contribution in [2.24, 2.45) is 5.92 Å². The van der Waals surface area contributed by atoms with Gasteiger partial charge in [0.1, 0.15) is 0 Å². The molecule has 0 bridgehead atoms. The summed E-state index contributed by atoms with van der Waals surface area (Å²) in [5.74, 6) is 0.716. The van der Waals surface area contributed by atoms with Gasteiger partial charge in [0, 0.05) is 6.04 Å². The van der Waals surface area contributed by atoms with Crippen LogP contribution in [-0.4, -0.2) is 11.0 Å². The molecule has 1 aromatic heterocycles. The molecule has 2 aromatic rings. The molecule has 92 valence electrons. The zero-order chi connectivity index (χ0) is 12.4. The van der Waals surface area contributed by atoms with Crippen LogP contribution in [-0.2, 0) is 0 Å². The van der Waals surface area contributed by atoms with E-state index < -0.39 is 0 Å². The molecule has 1 aromatic carbocycles. The first kappa shape index (κ1) is 12.4. The maximum Gasteiger partial charge on any atom is 0.184 e. The number of thiazole rings is 1. The summed E-state index contributed by atoms with van der Waals surface area (Å²) in [6, 6.07) is 6.83. The molecule has 2 rings (SSSR count). The molecule has 17 heavy (non-hydrogen) atoms. The maximum absolute atomic E-state index is 4.67. The van der Waals surface area contributed by atoms with Gasteiger partial charge in [0.25, 0.3) is 0 Å². The van der Waals surface area contributed by atoms with Gasteiger partial charge in [-0.1, -0.05) is 37.3 Å². The fraction of sp³-hybridized carbons (Fsp3) is 0.500. The van der Waals surface area contributed by atoms with Gasteiger partial charge < -0.3 is 5.32 Å². The highest BCUT2D eigenvalue weighted by Crippen LogP contribution is 2.28. The number of nitrogens with one attached hydrogen (secondary N) is 1. The molecule has 1 heterocycles. The second-order valence-electron chi connectivity index (χ2n) is 5.12. The number of anilines is 1. The highest BCUT2D eigenvalue weighted by molar-refractivity contribution is 7.22. The molecule has 0 fully saturated rings. The van der Waals surface area contributed by atoms with E-state index in [4.69, 9.17) is 0 Å². The summed E-state index contributed by atoms with van der Waals surface area (Å²) in [5, 5.41) is 4.54. The van der Waals surface area contributed by atoms with Crippen LogP contribution in [0.4, 0.5) is 5.13 Å². The normalized spacial score (nSPS) is 13.2. The molecule has 0 spiro atoms. The van der Waals surface area contributed by atoms with Crippen LogP contribution in [0.15, 0.2) is 18.2 Å². The molecule has 0 aliphatic carbocycles. The zero-order valence-corrected chi connectivity index (χ0v) is 11.8. The molecule has 0 radical (unpaired) electrons. The first-order valence-corrected chi connectivity index (χ1v) is 7.00. The van der Waals surface area contributed by atoms with Crippen molar-refractivity contribution in [1.29, 1.82) is 0 Å². The summed E-state index contributed by atoms with van der Waals surface area (Å²) < 4.78 is 1.27. The Hall–Kier alpha value is -1.09. The number of benzene rings is 1. The Labute approximate surface area is 107 Å². The molecule has 2 nitrogen and oxygen atoms in total. The third-order valence-corrected chi connectivity index (χ3v) is 3.77. The van der Waals surface area contributed by atoms with Gasteiger partial charge in [-0.05, 0) is 37.8 Å². The average Bonchev–Trinajstić information content (AvgIpc) is 2.60. The van der Waals surface area contributed by atoms with Crippen molar-refractivity contribution in [3.8, 4) is 0 Å². The fourth-order valence-corrected chi connectivity index (χ4v) is 3.18. The highest BCUT2D eigenvalue weighted by atomic mass is 32.1. The average molecular weight is 248 g/mol. The van der Waals surface area contributed by atoms with Gasteiger partial charge in [-0.2, -0.15) is 0 Å². The lowest BCUT2D eigenvalue weighted by Crippen LogP contribution is -2.17. The Morgan fingerprint density at radius 2 is 2.06 bits per heavy atom. The van der Waals surface area contributed by atoms with Crippen LogP contribution >= 0.6 is 11.3 Å². The van der Waals surface area contributed by atoms with Crippen molar-refractivity contribution in [3.05, 3.63) is 23.8 Å². The van der Waals surface area contributed by atoms with Crippen LogP contribution in [0.2, 0.25) is 0 Å². The molecule has 1 atom stereocenters. The number of hydrogen-bond donors (Lipinski definition) is 1. The van der Waals surface area contributed by atoms with E-state index in [1.54, 1.807) is 11.3 Å². The lowest BCUT2D eigenvalue weighted by molar-refractivity contribution is 0.539. The fourth-order valence-electron chi connectivity index (χ4n) is 2.12. The highest BCUT2D eigenvalue weighted by Gasteiger charge is 2.09. The van der Waals surface area contributed by atoms with E-state index in [1.807, 2.05) is 0 Å². The molecule has 0 aliphatic heterocycles. The number of nitrogens with zero attached hydrogens (tertiary/aromatic N) is 1. The van der Waals surface area contributed by atoms with Gasteiger partial charge in [-0.3, -0.25) is 0 Å². The summed E-state index contributed by atoms with van der Waals surface area (Å²) in [4.78, 5) is 4.67. The minimum Gasteiger partial charge on any atom is -0.359 e. The molecule has 1 N–H and O–H groups in total. The van der Waals surface area contributed by atoms with E-state index in [2.05, 4.69) is 56.2 Å². The monoisotopic (exact) mass is 248 g/mol. The Bertz CT molecular complexity index is 502. The van der Waals surface area contributed by atoms with Crippen molar-refractivity contribution in [3.63, 3.8) is 0 Å². The standard InChI is InChI=1S/C14H20N2S/c1-9(2)8-11(4)15-14-16-13-10(3)6-5-7-12(13)17-14/h5-7,9,11H,8H2,1-4H3,(H,15,16). The van der Waals surface area contributed by atoms with E-state index in [9.17, 15) is 0 Å². The molecule has 0 amide bonds. The topological polar surface area (TPSA) is 24.9 Å². The smallest absolute Gasteiger partial charge is 0.184 e. The quantitative estimate of drug-likeness (QED) is 0.864. The number of rotatable bonds is 4. The third kappa shape index (κ3) is 2.97. The Kier molecular flexibility index (Phi) is 3.67. The van der Waals surface area contributed by atoms with Crippen LogP contribution in [0.3, 0.4) is 0 Å². The molecule has 1 unspecified atom stereocenters. The van der Waals surface area contributed by atoms with E-state index in [0.29, 0.717) is 12.0 Å². The number of para-hydroxylation sites is 1. The van der Waals surface area contributed by atoms with E-state index in [-0.39, 0.29) is 0 Å². The minimum absolute atomic E-state index is 0.482. The molecular weight excluding hydrogens is 228 g/mol. The van der Waals surface area contributed by atoms with Crippen molar-refractivity contribution >= 4 is 26.7 Å². The number of aryl methyl sites for hydroxylation is 1. The summed E-state index contributed by atoms with van der Waals surface area (Å²) in [6.07, 6.45) is 1.18. The van der Waals surface area contributed by atoms with Gasteiger partial charge in [0.15, 0.2) is 5.13 Å². The largest absolute Gasteiger partial charge is 0.359 e. The van der Waals surface area contributed by atoms with Crippen molar-refractivity contribution < 1.29 is 0 Å². The summed E-state index contributed by atoms with van der Waals surface area (Å²) in [7, 11) is 0. The van der Waals surface area contributed by atoms with Gasteiger partial charge in [0.05, 0.1) is 10.2 Å². The predicted octanol–water partition coefficient (Wildman–Crippen LogP) is 4.45. The second kappa shape index (κ2) is 5.05. The Morgan fingerprint density at radius 1 is 1.29 bits per heavy atom. The molecule has 0 saturated heterocycles. The summed E-state index contributed by atoms with van der Waals surface area (Å²) in [6.45, 7) is 8.84. The van der Waals surface area contributed by atoms with Crippen LogP contribution in [0.1, 0.15) is 32.8 Å². The Balaban J connectivity index is 2.17. The third-order valence-electron chi connectivity index (χ3n) is 2.82. The first-order chi connectivity index (χ1) is 8.06. The van der Waals surface area contributed by atoms with Crippen LogP contribution < -0.4 is 5.32 Å². The van der Waals surface area contributed by atoms with Crippen molar-refractivity contribution in [2.45, 2.75) is 40.2 Å². The van der Waals surface area contributed by atoms with Crippen LogP contribution in [0.5, 0.6) is 0 Å². The lowest BCUT2D eigenvalue weighted by atomic mass is 10.1. The SMILES string of the molecule is Cc1cccc2sc(NC(C)CC(C)C)nc12. The minimum atomic E-state index is 0.482. The number of hydrogen-bond acceptors (Lipinski definition) is 3. The number of fused-ring (bicyclic) bond motifs is 1. The first-order valence-electron chi connectivity index (χ1n) is 6.19. The molecule has 3 heteroatoms. The summed E-state index contributed by atoms with van der Waals surface area (Å²) >= 11 is 1.74. The van der Waals surface area contributed by atoms with Crippen LogP contribution in [0.25, 0.3) is 10.2 Å². The molecule has 0 saturated carbocycles. The van der Waals surface area contributed by atoms with Crippen LogP contribution in [0, 0.1) is 12.8 Å². The summed E-state index contributed by atoms with van der Waals surface area (Å²) in [5.41, 5.74) is 2.39. The Morgan fingerprint density at radius 3 is 2.71 bits per heavy atom. The van der Waals surface area contributed by atoms with Gasteiger partial charge in [0.2, 0.25) is 0 Å². The van der Waals surface area contributed by atoms with Gasteiger partial charge >= 0.3 is 0 Å².